The zero-order valence-electron chi connectivity index (χ0n) is 16.4. The molecule has 1 aliphatic rings. The van der Waals surface area contributed by atoms with Gasteiger partial charge in [0, 0.05) is 44.9 Å². The first-order valence-electron chi connectivity index (χ1n) is 9.46. The van der Waals surface area contributed by atoms with Crippen molar-refractivity contribution in [1.29, 1.82) is 0 Å². The first-order chi connectivity index (χ1) is 13.4. The summed E-state index contributed by atoms with van der Waals surface area (Å²) in [6.45, 7) is 4.71. The van der Waals surface area contributed by atoms with E-state index in [4.69, 9.17) is 16.6 Å². The Morgan fingerprint density at radius 2 is 2.11 bits per heavy atom. The van der Waals surface area contributed by atoms with Crippen molar-refractivity contribution < 1.29 is 4.79 Å². The highest BCUT2D eigenvalue weighted by Crippen LogP contribution is 2.35. The third-order valence-corrected chi connectivity index (χ3v) is 6.92. The van der Waals surface area contributed by atoms with Gasteiger partial charge < -0.3 is 14.4 Å². The first-order valence-corrected chi connectivity index (χ1v) is 10.7. The van der Waals surface area contributed by atoms with Gasteiger partial charge in [-0.2, -0.15) is 0 Å². The van der Waals surface area contributed by atoms with Crippen LogP contribution in [0.3, 0.4) is 0 Å². The van der Waals surface area contributed by atoms with E-state index < -0.39 is 0 Å². The Balaban J connectivity index is 1.37. The second-order valence-corrected chi connectivity index (χ2v) is 8.97. The summed E-state index contributed by atoms with van der Waals surface area (Å²) in [6, 6.07) is 4.00. The van der Waals surface area contributed by atoms with Crippen LogP contribution in [0.4, 0.5) is 5.13 Å². The predicted octanol–water partition coefficient (Wildman–Crippen LogP) is 3.98. The molecule has 1 aliphatic heterocycles. The van der Waals surface area contributed by atoms with Gasteiger partial charge in [0.1, 0.15) is 5.69 Å². The van der Waals surface area contributed by atoms with Gasteiger partial charge in [-0.15, -0.1) is 0 Å². The molecule has 0 radical (unpaired) electrons. The van der Waals surface area contributed by atoms with Crippen molar-refractivity contribution in [2.45, 2.75) is 19.8 Å². The summed E-state index contributed by atoms with van der Waals surface area (Å²) in [5, 5.41) is 1.83. The number of amides is 1. The monoisotopic (exact) mass is 417 g/mol. The van der Waals surface area contributed by atoms with Crippen molar-refractivity contribution in [3.8, 4) is 0 Å². The number of carbonyl (C=O) groups excluding carboxylic acids is 1. The Morgan fingerprint density at radius 1 is 1.36 bits per heavy atom. The van der Waals surface area contributed by atoms with Gasteiger partial charge in [-0.1, -0.05) is 22.9 Å². The number of rotatable bonds is 4. The van der Waals surface area contributed by atoms with Crippen LogP contribution in [0.25, 0.3) is 10.2 Å². The van der Waals surface area contributed by atoms with E-state index in [1.54, 1.807) is 33.3 Å². The lowest BCUT2D eigenvalue weighted by Gasteiger charge is -2.33. The molecule has 1 fully saturated rings. The first kappa shape index (κ1) is 19.2. The minimum absolute atomic E-state index is 0.0124. The Labute approximate surface area is 173 Å². The average Bonchev–Trinajstić information content (AvgIpc) is 3.31. The lowest BCUT2D eigenvalue weighted by molar-refractivity contribution is 0.0759. The number of thiazole rings is 1. The van der Waals surface area contributed by atoms with E-state index in [9.17, 15) is 4.79 Å². The number of piperidine rings is 1. The van der Waals surface area contributed by atoms with Crippen molar-refractivity contribution in [3.63, 3.8) is 0 Å². The molecule has 0 N–H and O–H groups in total. The summed E-state index contributed by atoms with van der Waals surface area (Å²) >= 11 is 7.96. The van der Waals surface area contributed by atoms with E-state index in [1.807, 2.05) is 27.1 Å². The number of benzene rings is 1. The number of hydrogen-bond acceptors (Lipinski definition) is 5. The normalized spacial score (nSPS) is 15.4. The van der Waals surface area contributed by atoms with Crippen LogP contribution in [0.15, 0.2) is 24.7 Å². The van der Waals surface area contributed by atoms with E-state index in [0.29, 0.717) is 11.6 Å². The van der Waals surface area contributed by atoms with E-state index >= 15 is 0 Å². The second kappa shape index (κ2) is 7.72. The van der Waals surface area contributed by atoms with Crippen molar-refractivity contribution in [1.82, 2.24) is 19.4 Å². The van der Waals surface area contributed by atoms with Crippen LogP contribution in [0.1, 0.15) is 28.9 Å². The topological polar surface area (TPSA) is 54.3 Å². The molecule has 1 saturated heterocycles. The molecule has 4 rings (SSSR count). The third kappa shape index (κ3) is 3.73. The molecule has 0 aliphatic carbocycles. The fraction of sp³-hybridized carbons (Fsp3) is 0.450. The van der Waals surface area contributed by atoms with Crippen LogP contribution in [-0.2, 0) is 7.05 Å². The van der Waals surface area contributed by atoms with E-state index in [2.05, 4.69) is 16.0 Å². The molecule has 3 aromatic rings. The van der Waals surface area contributed by atoms with Crippen LogP contribution >= 0.6 is 22.9 Å². The lowest BCUT2D eigenvalue weighted by atomic mass is 9.96. The van der Waals surface area contributed by atoms with E-state index in [0.717, 1.165) is 53.7 Å². The van der Waals surface area contributed by atoms with Gasteiger partial charge in [0.15, 0.2) is 5.13 Å². The van der Waals surface area contributed by atoms with Gasteiger partial charge in [-0.3, -0.25) is 4.79 Å². The van der Waals surface area contributed by atoms with Gasteiger partial charge in [0.2, 0.25) is 0 Å². The Bertz CT molecular complexity index is 1010. The quantitative estimate of drug-likeness (QED) is 0.644. The zero-order chi connectivity index (χ0) is 19.8. The number of carbonyl (C=O) groups is 1. The fourth-order valence-corrected chi connectivity index (χ4v) is 4.95. The number of nitrogens with zero attached hydrogens (tertiary/aromatic N) is 5. The molecule has 2 aromatic heterocycles. The summed E-state index contributed by atoms with van der Waals surface area (Å²) in [4.78, 5) is 25.7. The van der Waals surface area contributed by atoms with Gasteiger partial charge in [-0.25, -0.2) is 9.97 Å². The summed E-state index contributed by atoms with van der Waals surface area (Å²) in [5.41, 5.74) is 2.56. The maximum atomic E-state index is 12.5. The number of fused-ring (bicyclic) bond motifs is 1. The van der Waals surface area contributed by atoms with Crippen molar-refractivity contribution in [2.24, 2.45) is 13.0 Å². The highest BCUT2D eigenvalue weighted by molar-refractivity contribution is 7.22. The molecule has 0 bridgehead atoms. The average molecular weight is 418 g/mol. The molecule has 3 heterocycles. The minimum Gasteiger partial charge on any atom is -0.348 e. The summed E-state index contributed by atoms with van der Waals surface area (Å²) in [5.74, 6) is 0.487. The molecule has 0 atom stereocenters. The van der Waals surface area contributed by atoms with Crippen LogP contribution in [0.2, 0.25) is 5.02 Å². The van der Waals surface area contributed by atoms with Crippen LogP contribution < -0.4 is 4.90 Å². The molecule has 8 heteroatoms. The molecule has 1 aromatic carbocycles. The molecule has 6 nitrogen and oxygen atoms in total. The number of anilines is 1. The van der Waals surface area contributed by atoms with Gasteiger partial charge in [0.05, 0.1) is 16.5 Å². The Kier molecular flexibility index (Phi) is 5.29. The van der Waals surface area contributed by atoms with Crippen LogP contribution in [0, 0.1) is 12.8 Å². The molecule has 28 heavy (non-hydrogen) atoms. The van der Waals surface area contributed by atoms with Crippen molar-refractivity contribution in [3.05, 3.63) is 40.9 Å². The van der Waals surface area contributed by atoms with Crippen molar-refractivity contribution in [2.75, 3.05) is 31.6 Å². The fourth-order valence-electron chi connectivity index (χ4n) is 3.72. The van der Waals surface area contributed by atoms with E-state index in [1.165, 1.54) is 4.70 Å². The van der Waals surface area contributed by atoms with Gasteiger partial charge in [-0.05, 0) is 43.4 Å². The van der Waals surface area contributed by atoms with Gasteiger partial charge in [0.25, 0.3) is 5.91 Å². The predicted molar refractivity (Wildman–Crippen MR) is 114 cm³/mol. The molecular formula is C20H24ClN5OS. The minimum atomic E-state index is -0.0124. The Morgan fingerprint density at radius 3 is 2.79 bits per heavy atom. The standard InChI is InChI=1S/C20H24ClN5OS/c1-13-15(21)4-5-17-18(13)23-20(28-17)26-8-6-14(7-9-26)10-25(3)19(27)16-11-24(2)12-22-16/h4-5,11-12,14H,6-10H2,1-3H3. The summed E-state index contributed by atoms with van der Waals surface area (Å²) in [6.07, 6.45) is 5.53. The number of aromatic nitrogens is 3. The largest absolute Gasteiger partial charge is 0.348 e. The number of imidazole rings is 1. The third-order valence-electron chi connectivity index (χ3n) is 5.42. The maximum Gasteiger partial charge on any atom is 0.273 e. The summed E-state index contributed by atoms with van der Waals surface area (Å²) < 4.78 is 2.98. The molecule has 0 saturated carbocycles. The number of hydrogen-bond donors (Lipinski definition) is 0. The smallest absolute Gasteiger partial charge is 0.273 e. The van der Waals surface area contributed by atoms with Crippen LogP contribution in [0.5, 0.6) is 0 Å². The maximum absolute atomic E-state index is 12.5. The molecule has 0 unspecified atom stereocenters. The number of halogens is 1. The summed E-state index contributed by atoms with van der Waals surface area (Å²) in [7, 11) is 3.74. The number of aryl methyl sites for hydroxylation is 2. The zero-order valence-corrected chi connectivity index (χ0v) is 17.9. The second-order valence-electron chi connectivity index (χ2n) is 7.56. The highest BCUT2D eigenvalue weighted by Gasteiger charge is 2.25. The SMILES string of the molecule is Cc1c(Cl)ccc2sc(N3CCC(CN(C)C(=O)c4cn(C)cn4)CC3)nc12. The van der Waals surface area contributed by atoms with Gasteiger partial charge >= 0.3 is 0 Å². The lowest BCUT2D eigenvalue weighted by Crippen LogP contribution is -2.39. The molecule has 1 amide bonds. The highest BCUT2D eigenvalue weighted by atomic mass is 35.5. The Hall–Kier alpha value is -2.12. The van der Waals surface area contributed by atoms with Crippen molar-refractivity contribution >= 4 is 44.2 Å². The van der Waals surface area contributed by atoms with E-state index in [-0.39, 0.29) is 5.91 Å². The molecule has 0 spiro atoms. The molecule has 148 valence electrons. The molecular weight excluding hydrogens is 394 g/mol. The van der Waals surface area contributed by atoms with Crippen LogP contribution in [-0.4, -0.2) is 52.0 Å².